The number of hydrogen-bond acceptors (Lipinski definition) is 2. The van der Waals surface area contributed by atoms with E-state index in [1.807, 2.05) is 6.07 Å². The third kappa shape index (κ3) is 3.46. The molecule has 2 nitrogen and oxygen atoms in total. The van der Waals surface area contributed by atoms with E-state index >= 15 is 0 Å². The molecule has 0 amide bonds. The summed E-state index contributed by atoms with van der Waals surface area (Å²) in [7, 11) is 0. The fourth-order valence-corrected chi connectivity index (χ4v) is 2.60. The normalized spacial score (nSPS) is 18.1. The summed E-state index contributed by atoms with van der Waals surface area (Å²) < 4.78 is 32.7. The molecule has 0 spiro atoms. The van der Waals surface area contributed by atoms with Gasteiger partial charge in [0.25, 0.3) is 0 Å². The molecule has 1 N–H and O–H groups in total. The maximum Gasteiger partial charge on any atom is 0.123 e. The molecule has 110 valence electrons. The molecule has 0 radical (unpaired) electrons. The van der Waals surface area contributed by atoms with Crippen molar-refractivity contribution in [2.75, 3.05) is 13.1 Å². The molecule has 3 rings (SSSR count). The molecule has 0 bridgehead atoms. The van der Waals surface area contributed by atoms with E-state index in [0.717, 1.165) is 36.2 Å². The molecular weight excluding hydrogens is 272 g/mol. The van der Waals surface area contributed by atoms with Crippen molar-refractivity contribution in [2.45, 2.75) is 19.1 Å². The molecule has 2 aromatic rings. The summed E-state index contributed by atoms with van der Waals surface area (Å²) in [5.41, 5.74) is 2.28. The monoisotopic (exact) mass is 289 g/mol. The van der Waals surface area contributed by atoms with Crippen LogP contribution in [-0.4, -0.2) is 19.2 Å². The highest BCUT2D eigenvalue weighted by molar-refractivity contribution is 5.67. The van der Waals surface area contributed by atoms with Gasteiger partial charge < -0.3 is 10.1 Å². The van der Waals surface area contributed by atoms with E-state index in [0.29, 0.717) is 6.61 Å². The van der Waals surface area contributed by atoms with E-state index in [-0.39, 0.29) is 17.7 Å². The second kappa shape index (κ2) is 6.33. The predicted octanol–water partition coefficient (Wildman–Crippen LogP) is 3.51. The fourth-order valence-electron chi connectivity index (χ4n) is 2.60. The van der Waals surface area contributed by atoms with Crippen LogP contribution in [0.4, 0.5) is 8.78 Å². The number of benzene rings is 2. The van der Waals surface area contributed by atoms with Gasteiger partial charge in [-0.05, 0) is 53.9 Å². The molecule has 0 unspecified atom stereocenters. The molecule has 1 aliphatic heterocycles. The van der Waals surface area contributed by atoms with Gasteiger partial charge in [-0.2, -0.15) is 0 Å². The van der Waals surface area contributed by atoms with E-state index in [2.05, 4.69) is 5.32 Å². The van der Waals surface area contributed by atoms with Gasteiger partial charge in [0.05, 0.1) is 12.7 Å². The summed E-state index contributed by atoms with van der Waals surface area (Å²) >= 11 is 0. The topological polar surface area (TPSA) is 21.3 Å². The first kappa shape index (κ1) is 14.2. The van der Waals surface area contributed by atoms with Crippen LogP contribution in [0, 0.1) is 11.6 Å². The first-order chi connectivity index (χ1) is 10.2. The van der Waals surface area contributed by atoms with Gasteiger partial charge in [-0.25, -0.2) is 8.78 Å². The highest BCUT2D eigenvalue weighted by Crippen LogP contribution is 2.26. The summed E-state index contributed by atoms with van der Waals surface area (Å²) in [6.45, 7) is 2.10. The van der Waals surface area contributed by atoms with Crippen molar-refractivity contribution in [3.05, 3.63) is 59.7 Å². The molecule has 0 aliphatic carbocycles. The van der Waals surface area contributed by atoms with Crippen LogP contribution in [0.2, 0.25) is 0 Å². The number of nitrogens with one attached hydrogen (secondary N) is 1. The summed E-state index contributed by atoms with van der Waals surface area (Å²) in [6, 6.07) is 10.8. The number of rotatable bonds is 4. The molecule has 1 saturated heterocycles. The van der Waals surface area contributed by atoms with E-state index in [9.17, 15) is 8.78 Å². The van der Waals surface area contributed by atoms with Crippen LogP contribution in [0.25, 0.3) is 11.1 Å². The van der Waals surface area contributed by atoms with Gasteiger partial charge in [0.15, 0.2) is 0 Å². The molecule has 1 atom stereocenters. The van der Waals surface area contributed by atoms with Gasteiger partial charge in [-0.15, -0.1) is 0 Å². The molecule has 4 heteroatoms. The van der Waals surface area contributed by atoms with Gasteiger partial charge in [0.2, 0.25) is 0 Å². The van der Waals surface area contributed by atoms with E-state index < -0.39 is 0 Å². The maximum atomic E-state index is 13.5. The molecule has 0 saturated carbocycles. The lowest BCUT2D eigenvalue weighted by molar-refractivity contribution is 0.0543. The Morgan fingerprint density at radius 2 is 1.95 bits per heavy atom. The van der Waals surface area contributed by atoms with Crippen molar-refractivity contribution in [1.29, 1.82) is 0 Å². The third-order valence-corrected chi connectivity index (χ3v) is 3.69. The minimum atomic E-state index is -0.307. The molecule has 0 aromatic heterocycles. The lowest BCUT2D eigenvalue weighted by Gasteiger charge is -2.14. The quantitative estimate of drug-likeness (QED) is 0.930. The highest BCUT2D eigenvalue weighted by atomic mass is 19.1. The second-order valence-electron chi connectivity index (χ2n) is 5.24. The van der Waals surface area contributed by atoms with E-state index in [4.69, 9.17) is 4.74 Å². The van der Waals surface area contributed by atoms with Crippen LogP contribution in [0.5, 0.6) is 0 Å². The van der Waals surface area contributed by atoms with Crippen LogP contribution in [0.1, 0.15) is 12.0 Å². The van der Waals surface area contributed by atoms with Gasteiger partial charge in [-0.3, -0.25) is 0 Å². The van der Waals surface area contributed by atoms with Gasteiger partial charge >= 0.3 is 0 Å². The Morgan fingerprint density at radius 3 is 2.71 bits per heavy atom. The van der Waals surface area contributed by atoms with Crippen molar-refractivity contribution in [2.24, 2.45) is 0 Å². The van der Waals surface area contributed by atoms with Crippen LogP contribution >= 0.6 is 0 Å². The molecule has 1 aliphatic rings. The summed E-state index contributed by atoms with van der Waals surface area (Å²) in [5, 5.41) is 3.23. The second-order valence-corrected chi connectivity index (χ2v) is 5.24. The van der Waals surface area contributed by atoms with Gasteiger partial charge in [0.1, 0.15) is 11.6 Å². The molecular formula is C17H17F2NO. The molecule has 2 aromatic carbocycles. The largest absolute Gasteiger partial charge is 0.372 e. The Balaban J connectivity index is 1.85. The predicted molar refractivity (Wildman–Crippen MR) is 77.9 cm³/mol. The average Bonchev–Trinajstić information content (AvgIpc) is 2.98. The smallest absolute Gasteiger partial charge is 0.123 e. The summed E-state index contributed by atoms with van der Waals surface area (Å²) in [5.74, 6) is -0.609. The minimum absolute atomic E-state index is 0.161. The summed E-state index contributed by atoms with van der Waals surface area (Å²) in [4.78, 5) is 0. The molecule has 21 heavy (non-hydrogen) atoms. The third-order valence-electron chi connectivity index (χ3n) is 3.69. The zero-order valence-electron chi connectivity index (χ0n) is 11.6. The molecule has 1 fully saturated rings. The zero-order valence-corrected chi connectivity index (χ0v) is 11.6. The Kier molecular flexibility index (Phi) is 4.27. The van der Waals surface area contributed by atoms with Crippen molar-refractivity contribution in [3.8, 4) is 11.1 Å². The Hall–Kier alpha value is -1.78. The molecule has 1 heterocycles. The van der Waals surface area contributed by atoms with Crippen molar-refractivity contribution >= 4 is 0 Å². The van der Waals surface area contributed by atoms with Gasteiger partial charge in [-0.1, -0.05) is 18.2 Å². The maximum absolute atomic E-state index is 13.5. The summed E-state index contributed by atoms with van der Waals surface area (Å²) in [6.07, 6.45) is 1.12. The standard InChI is InChI=1S/C17H17F2NO/c18-14-3-1-2-12(8-14)17-5-4-15(19)9-13(17)11-21-16-6-7-20-10-16/h1-5,8-9,16,20H,6-7,10-11H2/t16-/m0/s1. The number of ether oxygens (including phenoxy) is 1. The highest BCUT2D eigenvalue weighted by Gasteiger charge is 2.16. The SMILES string of the molecule is Fc1cccc(-c2ccc(F)cc2CO[C@H]2CCNC2)c1. The van der Waals surface area contributed by atoms with Crippen LogP contribution < -0.4 is 5.32 Å². The van der Waals surface area contributed by atoms with Gasteiger partial charge in [0, 0.05) is 6.54 Å². The Labute approximate surface area is 122 Å². The number of halogens is 2. The van der Waals surface area contributed by atoms with Crippen molar-refractivity contribution in [1.82, 2.24) is 5.32 Å². The van der Waals surface area contributed by atoms with E-state index in [1.165, 1.54) is 24.3 Å². The lowest BCUT2D eigenvalue weighted by atomic mass is 10.00. The Bertz CT molecular complexity index is 624. The van der Waals surface area contributed by atoms with Crippen molar-refractivity contribution in [3.63, 3.8) is 0 Å². The van der Waals surface area contributed by atoms with Crippen molar-refractivity contribution < 1.29 is 13.5 Å². The Morgan fingerprint density at radius 1 is 1.10 bits per heavy atom. The lowest BCUT2D eigenvalue weighted by Crippen LogP contribution is -2.16. The van der Waals surface area contributed by atoms with Crippen LogP contribution in [-0.2, 0) is 11.3 Å². The first-order valence-electron chi connectivity index (χ1n) is 7.09. The average molecular weight is 289 g/mol. The number of hydrogen-bond donors (Lipinski definition) is 1. The van der Waals surface area contributed by atoms with E-state index in [1.54, 1.807) is 12.1 Å². The first-order valence-corrected chi connectivity index (χ1v) is 7.09. The minimum Gasteiger partial charge on any atom is -0.372 e. The van der Waals surface area contributed by atoms with Crippen LogP contribution in [0.15, 0.2) is 42.5 Å². The zero-order chi connectivity index (χ0) is 14.7. The van der Waals surface area contributed by atoms with Crippen LogP contribution in [0.3, 0.4) is 0 Å². The fraction of sp³-hybridized carbons (Fsp3) is 0.294.